The smallest absolute Gasteiger partial charge is 0.191 e. The van der Waals surface area contributed by atoms with Gasteiger partial charge in [-0.15, -0.1) is 11.3 Å². The monoisotopic (exact) mass is 382 g/mol. The molecule has 0 atom stereocenters. The van der Waals surface area contributed by atoms with E-state index in [1.54, 1.807) is 18.4 Å². The Morgan fingerprint density at radius 2 is 1.96 bits per heavy atom. The lowest BCUT2D eigenvalue weighted by molar-refractivity contribution is 0.779. The van der Waals surface area contributed by atoms with Gasteiger partial charge in [0.1, 0.15) is 0 Å². The van der Waals surface area contributed by atoms with Crippen LogP contribution in [0.3, 0.4) is 0 Å². The van der Waals surface area contributed by atoms with Crippen LogP contribution >= 0.6 is 11.3 Å². The second-order valence-electron chi connectivity index (χ2n) is 6.38. The Kier molecular flexibility index (Phi) is 6.24. The first kappa shape index (κ1) is 19.1. The molecule has 142 valence electrons. The molecule has 3 rings (SSSR count). The van der Waals surface area contributed by atoms with Crippen LogP contribution in [0.15, 0.2) is 41.5 Å². The molecule has 2 aromatic heterocycles. The molecular formula is C20H26N6S. The molecule has 0 saturated carbocycles. The van der Waals surface area contributed by atoms with Gasteiger partial charge in [-0.1, -0.05) is 18.2 Å². The number of para-hydroxylation sites is 1. The molecule has 2 heterocycles. The largest absolute Gasteiger partial charge is 0.356 e. The van der Waals surface area contributed by atoms with E-state index in [-0.39, 0.29) is 0 Å². The second kappa shape index (κ2) is 8.81. The van der Waals surface area contributed by atoms with Gasteiger partial charge in [-0.2, -0.15) is 5.10 Å². The van der Waals surface area contributed by atoms with Crippen molar-refractivity contribution in [1.29, 1.82) is 0 Å². The van der Waals surface area contributed by atoms with Crippen molar-refractivity contribution in [3.8, 4) is 5.69 Å². The van der Waals surface area contributed by atoms with Crippen LogP contribution in [0.1, 0.15) is 26.8 Å². The zero-order chi connectivity index (χ0) is 19.2. The quantitative estimate of drug-likeness (QED) is 0.508. The van der Waals surface area contributed by atoms with Gasteiger partial charge in [0, 0.05) is 37.6 Å². The molecule has 0 aliphatic rings. The normalized spacial score (nSPS) is 11.6. The predicted octanol–water partition coefficient (Wildman–Crippen LogP) is 3.16. The molecular weight excluding hydrogens is 356 g/mol. The minimum atomic E-state index is 0.671. The first-order valence-corrected chi connectivity index (χ1v) is 9.86. The van der Waals surface area contributed by atoms with Crippen LogP contribution in [0.4, 0.5) is 0 Å². The van der Waals surface area contributed by atoms with Gasteiger partial charge in [-0.05, 0) is 38.5 Å². The number of hydrogen-bond acceptors (Lipinski definition) is 4. The standard InChI is InChI=1S/C20H26N6S/c1-14-10-12-26(25-14)18-8-6-5-7-17(18)13-23-20(21-4)22-11-9-19-24-15(2)16(3)27-19/h5-8,10,12H,9,11,13H2,1-4H3,(H2,21,22,23). The Balaban J connectivity index is 1.57. The lowest BCUT2D eigenvalue weighted by Gasteiger charge is -2.14. The topological polar surface area (TPSA) is 67.1 Å². The summed E-state index contributed by atoms with van der Waals surface area (Å²) in [7, 11) is 1.79. The van der Waals surface area contributed by atoms with Gasteiger partial charge in [-0.25, -0.2) is 9.67 Å². The summed E-state index contributed by atoms with van der Waals surface area (Å²) in [6, 6.07) is 10.3. The fraction of sp³-hybridized carbons (Fsp3) is 0.350. The van der Waals surface area contributed by atoms with E-state index in [1.165, 1.54) is 4.88 Å². The molecule has 3 aromatic rings. The summed E-state index contributed by atoms with van der Waals surface area (Å²) in [5.41, 5.74) is 4.36. The minimum Gasteiger partial charge on any atom is -0.356 e. The Morgan fingerprint density at radius 3 is 2.63 bits per heavy atom. The number of nitrogens with zero attached hydrogens (tertiary/aromatic N) is 4. The summed E-state index contributed by atoms with van der Waals surface area (Å²) in [5, 5.41) is 12.4. The van der Waals surface area contributed by atoms with Gasteiger partial charge in [0.2, 0.25) is 0 Å². The lowest BCUT2D eigenvalue weighted by atomic mass is 10.2. The average Bonchev–Trinajstić information content (AvgIpc) is 3.23. The van der Waals surface area contributed by atoms with Gasteiger partial charge >= 0.3 is 0 Å². The Morgan fingerprint density at radius 1 is 1.15 bits per heavy atom. The van der Waals surface area contributed by atoms with E-state index in [4.69, 9.17) is 0 Å². The Labute approximate surface area is 164 Å². The molecule has 0 fully saturated rings. The number of hydrogen-bond donors (Lipinski definition) is 2. The molecule has 0 spiro atoms. The first-order chi connectivity index (χ1) is 13.1. The third-order valence-corrected chi connectivity index (χ3v) is 5.47. The molecule has 0 radical (unpaired) electrons. The zero-order valence-electron chi connectivity index (χ0n) is 16.3. The number of benzene rings is 1. The third kappa shape index (κ3) is 4.95. The third-order valence-electron chi connectivity index (χ3n) is 4.33. The van der Waals surface area contributed by atoms with Gasteiger partial charge in [-0.3, -0.25) is 4.99 Å². The van der Waals surface area contributed by atoms with Crippen molar-refractivity contribution < 1.29 is 0 Å². The van der Waals surface area contributed by atoms with Crippen molar-refractivity contribution in [2.24, 2.45) is 4.99 Å². The molecule has 0 aliphatic carbocycles. The summed E-state index contributed by atoms with van der Waals surface area (Å²) in [6.07, 6.45) is 2.88. The van der Waals surface area contributed by atoms with Gasteiger partial charge in [0.05, 0.1) is 22.1 Å². The molecule has 27 heavy (non-hydrogen) atoms. The number of thiazole rings is 1. The van der Waals surface area contributed by atoms with Crippen LogP contribution in [-0.4, -0.2) is 34.3 Å². The van der Waals surface area contributed by atoms with E-state index < -0.39 is 0 Å². The number of guanidine groups is 1. The molecule has 1 aromatic carbocycles. The number of aromatic nitrogens is 3. The molecule has 0 bridgehead atoms. The van der Waals surface area contributed by atoms with Gasteiger partial charge in [0.25, 0.3) is 0 Å². The van der Waals surface area contributed by atoms with Crippen molar-refractivity contribution in [2.75, 3.05) is 13.6 Å². The fourth-order valence-corrected chi connectivity index (χ4v) is 3.70. The fourth-order valence-electron chi connectivity index (χ4n) is 2.77. The minimum absolute atomic E-state index is 0.671. The highest BCUT2D eigenvalue weighted by atomic mass is 32.1. The van der Waals surface area contributed by atoms with Crippen molar-refractivity contribution in [2.45, 2.75) is 33.7 Å². The highest BCUT2D eigenvalue weighted by Crippen LogP contribution is 2.16. The SMILES string of the molecule is CN=C(NCCc1nc(C)c(C)s1)NCc1ccccc1-n1ccc(C)n1. The Bertz CT molecular complexity index is 905. The summed E-state index contributed by atoms with van der Waals surface area (Å²) in [6.45, 7) is 7.63. The maximum Gasteiger partial charge on any atom is 0.191 e. The zero-order valence-corrected chi connectivity index (χ0v) is 17.1. The molecule has 0 aliphatic heterocycles. The number of aliphatic imine (C=N–C) groups is 1. The van der Waals surface area contributed by atoms with Crippen LogP contribution in [-0.2, 0) is 13.0 Å². The van der Waals surface area contributed by atoms with Gasteiger partial charge < -0.3 is 10.6 Å². The molecule has 0 unspecified atom stereocenters. The highest BCUT2D eigenvalue weighted by molar-refractivity contribution is 7.11. The number of nitrogens with one attached hydrogen (secondary N) is 2. The molecule has 2 N–H and O–H groups in total. The lowest BCUT2D eigenvalue weighted by Crippen LogP contribution is -2.38. The first-order valence-electron chi connectivity index (χ1n) is 9.05. The van der Waals surface area contributed by atoms with Crippen LogP contribution in [0.25, 0.3) is 5.69 Å². The molecule has 7 heteroatoms. The molecule has 0 saturated heterocycles. The summed E-state index contributed by atoms with van der Waals surface area (Å²) in [4.78, 5) is 10.2. The van der Waals surface area contributed by atoms with Crippen molar-refractivity contribution >= 4 is 17.3 Å². The molecule has 6 nitrogen and oxygen atoms in total. The summed E-state index contributed by atoms with van der Waals surface area (Å²) in [5.74, 6) is 0.784. The van der Waals surface area contributed by atoms with E-state index in [0.717, 1.165) is 46.6 Å². The number of aryl methyl sites for hydroxylation is 3. The maximum atomic E-state index is 4.58. The predicted molar refractivity (Wildman–Crippen MR) is 112 cm³/mol. The Hall–Kier alpha value is -2.67. The van der Waals surface area contributed by atoms with Crippen LogP contribution in [0, 0.1) is 20.8 Å². The van der Waals surface area contributed by atoms with Gasteiger partial charge in [0.15, 0.2) is 5.96 Å². The maximum absolute atomic E-state index is 4.58. The van der Waals surface area contributed by atoms with E-state index in [9.17, 15) is 0 Å². The second-order valence-corrected chi connectivity index (χ2v) is 7.67. The van der Waals surface area contributed by atoms with Crippen LogP contribution in [0.5, 0.6) is 0 Å². The average molecular weight is 383 g/mol. The summed E-state index contributed by atoms with van der Waals surface area (Å²) < 4.78 is 1.91. The summed E-state index contributed by atoms with van der Waals surface area (Å²) >= 11 is 1.76. The van der Waals surface area contributed by atoms with Crippen LogP contribution in [0.2, 0.25) is 0 Å². The van der Waals surface area contributed by atoms with E-state index in [2.05, 4.69) is 51.7 Å². The number of rotatable bonds is 6. The van der Waals surface area contributed by atoms with Crippen LogP contribution < -0.4 is 10.6 Å². The van der Waals surface area contributed by atoms with Crippen molar-refractivity contribution in [3.05, 3.63) is 63.4 Å². The van der Waals surface area contributed by atoms with Crippen molar-refractivity contribution in [1.82, 2.24) is 25.4 Å². The van der Waals surface area contributed by atoms with Crippen molar-refractivity contribution in [3.63, 3.8) is 0 Å². The van der Waals surface area contributed by atoms with E-state index in [1.807, 2.05) is 36.0 Å². The highest BCUT2D eigenvalue weighted by Gasteiger charge is 2.07. The van der Waals surface area contributed by atoms with E-state index >= 15 is 0 Å². The molecule has 0 amide bonds. The van der Waals surface area contributed by atoms with E-state index in [0.29, 0.717) is 6.54 Å².